The molecule has 1 saturated carbocycles. The lowest BCUT2D eigenvalue weighted by Crippen LogP contribution is -2.52. The molecule has 17 heavy (non-hydrogen) atoms. The van der Waals surface area contributed by atoms with Crippen molar-refractivity contribution in [2.45, 2.75) is 50.1 Å². The van der Waals surface area contributed by atoms with Crippen molar-refractivity contribution in [1.29, 1.82) is 0 Å². The molecule has 5 nitrogen and oxygen atoms in total. The molecule has 2 aliphatic rings. The molecule has 1 aliphatic carbocycles. The van der Waals surface area contributed by atoms with Crippen molar-refractivity contribution in [3.8, 4) is 0 Å². The maximum atomic E-state index is 12.2. The third kappa shape index (κ3) is 2.60. The molecule has 0 aromatic rings. The lowest BCUT2D eigenvalue weighted by Gasteiger charge is -2.36. The average Bonchev–Trinajstić information content (AvgIpc) is 3.08. The molecule has 2 rings (SSSR count). The highest BCUT2D eigenvalue weighted by Crippen LogP contribution is 2.36. The number of piperidine rings is 1. The van der Waals surface area contributed by atoms with Crippen LogP contribution in [0, 0.1) is 0 Å². The van der Waals surface area contributed by atoms with Gasteiger partial charge in [-0.3, -0.25) is 9.59 Å². The van der Waals surface area contributed by atoms with Crippen molar-refractivity contribution in [2.24, 2.45) is 5.73 Å². The van der Waals surface area contributed by atoms with E-state index in [0.717, 1.165) is 38.6 Å². The molecular weight excluding hydrogens is 220 g/mol. The Labute approximate surface area is 101 Å². The first-order chi connectivity index (χ1) is 8.07. The van der Waals surface area contributed by atoms with E-state index >= 15 is 0 Å². The summed E-state index contributed by atoms with van der Waals surface area (Å²) in [7, 11) is 1.38. The van der Waals surface area contributed by atoms with Gasteiger partial charge < -0.3 is 15.4 Å². The molecule has 1 heterocycles. The largest absolute Gasteiger partial charge is 0.469 e. The predicted molar refractivity (Wildman–Crippen MR) is 62.1 cm³/mol. The van der Waals surface area contributed by atoms with Crippen molar-refractivity contribution in [3.63, 3.8) is 0 Å². The van der Waals surface area contributed by atoms with Gasteiger partial charge in [-0.15, -0.1) is 0 Å². The SMILES string of the molecule is COC(=O)CC1CCCCN1C(=O)C1(N)CC1. The summed E-state index contributed by atoms with van der Waals surface area (Å²) in [5.41, 5.74) is 5.31. The van der Waals surface area contributed by atoms with Crippen LogP contribution in [-0.2, 0) is 14.3 Å². The number of esters is 1. The zero-order valence-electron chi connectivity index (χ0n) is 10.3. The highest BCUT2D eigenvalue weighted by atomic mass is 16.5. The Bertz CT molecular complexity index is 326. The van der Waals surface area contributed by atoms with Crippen LogP contribution in [0.25, 0.3) is 0 Å². The first kappa shape index (κ1) is 12.4. The van der Waals surface area contributed by atoms with E-state index in [1.165, 1.54) is 7.11 Å². The van der Waals surface area contributed by atoms with E-state index in [1.54, 1.807) is 4.90 Å². The van der Waals surface area contributed by atoms with Crippen molar-refractivity contribution < 1.29 is 14.3 Å². The second-order valence-electron chi connectivity index (χ2n) is 5.08. The third-order valence-electron chi connectivity index (χ3n) is 3.73. The fourth-order valence-corrected chi connectivity index (χ4v) is 2.39. The highest BCUT2D eigenvalue weighted by molar-refractivity contribution is 5.89. The molecule has 0 spiro atoms. The number of rotatable bonds is 3. The molecule has 0 aromatic carbocycles. The van der Waals surface area contributed by atoms with Crippen molar-refractivity contribution >= 4 is 11.9 Å². The molecule has 2 fully saturated rings. The maximum absolute atomic E-state index is 12.2. The lowest BCUT2D eigenvalue weighted by atomic mass is 9.98. The summed E-state index contributed by atoms with van der Waals surface area (Å²) in [5.74, 6) is -0.234. The van der Waals surface area contributed by atoms with Crippen LogP contribution in [0.5, 0.6) is 0 Å². The zero-order valence-corrected chi connectivity index (χ0v) is 10.3. The van der Waals surface area contributed by atoms with Gasteiger partial charge in [0.05, 0.1) is 19.1 Å². The monoisotopic (exact) mass is 240 g/mol. The number of ether oxygens (including phenoxy) is 1. The van der Waals surface area contributed by atoms with E-state index < -0.39 is 5.54 Å². The number of nitrogens with two attached hydrogens (primary N) is 1. The van der Waals surface area contributed by atoms with Gasteiger partial charge in [-0.25, -0.2) is 0 Å². The Balaban J connectivity index is 2.01. The normalized spacial score (nSPS) is 26.5. The number of nitrogens with zero attached hydrogens (tertiary/aromatic N) is 1. The van der Waals surface area contributed by atoms with E-state index in [0.29, 0.717) is 6.42 Å². The Morgan fingerprint density at radius 2 is 2.12 bits per heavy atom. The van der Waals surface area contributed by atoms with Crippen molar-refractivity contribution in [3.05, 3.63) is 0 Å². The van der Waals surface area contributed by atoms with Gasteiger partial charge in [0.1, 0.15) is 0 Å². The van der Waals surface area contributed by atoms with Crippen LogP contribution in [0.2, 0.25) is 0 Å². The first-order valence-corrected chi connectivity index (χ1v) is 6.23. The van der Waals surface area contributed by atoms with Gasteiger partial charge in [0.25, 0.3) is 0 Å². The van der Waals surface area contributed by atoms with Gasteiger partial charge in [-0.2, -0.15) is 0 Å². The topological polar surface area (TPSA) is 72.6 Å². The molecule has 2 N–H and O–H groups in total. The summed E-state index contributed by atoms with van der Waals surface area (Å²) < 4.78 is 4.67. The summed E-state index contributed by atoms with van der Waals surface area (Å²) in [6, 6.07) is -0.0234. The van der Waals surface area contributed by atoms with Gasteiger partial charge in [0.2, 0.25) is 5.91 Å². The van der Waals surface area contributed by atoms with Crippen LogP contribution in [-0.4, -0.2) is 42.0 Å². The number of carbonyl (C=O) groups is 2. The van der Waals surface area contributed by atoms with E-state index in [1.807, 2.05) is 0 Å². The number of likely N-dealkylation sites (tertiary alicyclic amines) is 1. The molecule has 1 aliphatic heterocycles. The molecule has 1 unspecified atom stereocenters. The number of amides is 1. The summed E-state index contributed by atoms with van der Waals surface area (Å²) >= 11 is 0. The summed E-state index contributed by atoms with van der Waals surface area (Å²) in [5, 5.41) is 0. The Kier molecular flexibility index (Phi) is 3.38. The first-order valence-electron chi connectivity index (χ1n) is 6.23. The van der Waals surface area contributed by atoms with Crippen LogP contribution in [0.3, 0.4) is 0 Å². The molecular formula is C12H20N2O3. The van der Waals surface area contributed by atoms with E-state index in [2.05, 4.69) is 4.74 Å². The van der Waals surface area contributed by atoms with Gasteiger partial charge in [-0.1, -0.05) is 0 Å². The minimum absolute atomic E-state index is 0.0195. The van der Waals surface area contributed by atoms with Gasteiger partial charge in [0.15, 0.2) is 0 Å². The van der Waals surface area contributed by atoms with Gasteiger partial charge >= 0.3 is 5.97 Å². The van der Waals surface area contributed by atoms with Gasteiger partial charge in [-0.05, 0) is 32.1 Å². The minimum atomic E-state index is -0.633. The van der Waals surface area contributed by atoms with E-state index in [4.69, 9.17) is 5.73 Å². The second kappa shape index (κ2) is 4.64. The lowest BCUT2D eigenvalue weighted by molar-refractivity contribution is -0.145. The maximum Gasteiger partial charge on any atom is 0.307 e. The molecule has 1 amide bonds. The quantitative estimate of drug-likeness (QED) is 0.726. The van der Waals surface area contributed by atoms with E-state index in [-0.39, 0.29) is 17.9 Å². The molecule has 1 saturated heterocycles. The fourth-order valence-electron chi connectivity index (χ4n) is 2.39. The van der Waals surface area contributed by atoms with Crippen molar-refractivity contribution in [2.75, 3.05) is 13.7 Å². The Morgan fingerprint density at radius 1 is 1.41 bits per heavy atom. The highest BCUT2D eigenvalue weighted by Gasteiger charge is 2.49. The third-order valence-corrected chi connectivity index (χ3v) is 3.73. The van der Waals surface area contributed by atoms with Gasteiger partial charge in [0, 0.05) is 12.6 Å². The van der Waals surface area contributed by atoms with Crippen LogP contribution in [0.1, 0.15) is 38.5 Å². The smallest absolute Gasteiger partial charge is 0.307 e. The molecule has 0 radical (unpaired) electrons. The number of methoxy groups -OCH3 is 1. The predicted octanol–water partition coefficient (Wildman–Crippen LogP) is 0.422. The fraction of sp³-hybridized carbons (Fsp3) is 0.833. The standard InChI is InChI=1S/C12H20N2O3/c1-17-10(15)8-9-4-2-3-7-14(9)11(16)12(13)5-6-12/h9H,2-8,13H2,1H3. The van der Waals surface area contributed by atoms with Crippen LogP contribution >= 0.6 is 0 Å². The zero-order chi connectivity index (χ0) is 12.5. The molecule has 96 valence electrons. The van der Waals surface area contributed by atoms with E-state index in [9.17, 15) is 9.59 Å². The molecule has 5 heteroatoms. The Hall–Kier alpha value is -1.10. The Morgan fingerprint density at radius 3 is 2.71 bits per heavy atom. The van der Waals surface area contributed by atoms with Crippen LogP contribution in [0.4, 0.5) is 0 Å². The average molecular weight is 240 g/mol. The summed E-state index contributed by atoms with van der Waals surface area (Å²) in [4.78, 5) is 25.3. The molecule has 1 atom stereocenters. The second-order valence-corrected chi connectivity index (χ2v) is 5.08. The summed E-state index contributed by atoms with van der Waals surface area (Å²) in [6.45, 7) is 0.722. The summed E-state index contributed by atoms with van der Waals surface area (Å²) in [6.07, 6.45) is 4.76. The molecule has 0 aromatic heterocycles. The number of hydrogen-bond acceptors (Lipinski definition) is 4. The van der Waals surface area contributed by atoms with Crippen LogP contribution in [0.15, 0.2) is 0 Å². The van der Waals surface area contributed by atoms with Crippen LogP contribution < -0.4 is 5.73 Å². The van der Waals surface area contributed by atoms with Crippen molar-refractivity contribution in [1.82, 2.24) is 4.90 Å². The molecule has 0 bridgehead atoms. The minimum Gasteiger partial charge on any atom is -0.469 e. The number of carbonyl (C=O) groups excluding carboxylic acids is 2. The number of hydrogen-bond donors (Lipinski definition) is 1.